The van der Waals surface area contributed by atoms with Crippen LogP contribution in [0.4, 0.5) is 4.79 Å². The van der Waals surface area contributed by atoms with Crippen LogP contribution in [0.1, 0.15) is 33.6 Å². The Morgan fingerprint density at radius 2 is 2.00 bits per heavy atom. The Bertz CT molecular complexity index is 186. The van der Waals surface area contributed by atoms with E-state index in [1.54, 1.807) is 0 Å². The van der Waals surface area contributed by atoms with Crippen molar-refractivity contribution in [3.05, 3.63) is 0 Å². The monoisotopic (exact) mass is 198 g/mol. The summed E-state index contributed by atoms with van der Waals surface area (Å²) in [4.78, 5) is 13.4. The summed E-state index contributed by atoms with van der Waals surface area (Å²) in [6, 6.07) is 0.0856. The molecule has 0 aliphatic heterocycles. The van der Waals surface area contributed by atoms with Crippen molar-refractivity contribution >= 4 is 6.03 Å². The molecule has 2 amide bonds. The number of nitrogens with zero attached hydrogens (tertiary/aromatic N) is 1. The first-order valence-electron chi connectivity index (χ1n) is 5.71. The SMILES string of the molecule is CCN(CC)C(=O)NCC(C)C1CC1. The Morgan fingerprint density at radius 3 is 2.43 bits per heavy atom. The van der Waals surface area contributed by atoms with Crippen molar-refractivity contribution in [3.8, 4) is 0 Å². The van der Waals surface area contributed by atoms with E-state index in [0.29, 0.717) is 5.92 Å². The van der Waals surface area contributed by atoms with Crippen molar-refractivity contribution in [1.82, 2.24) is 10.2 Å². The predicted molar refractivity (Wildman–Crippen MR) is 58.2 cm³/mol. The van der Waals surface area contributed by atoms with Gasteiger partial charge >= 0.3 is 6.03 Å². The highest BCUT2D eigenvalue weighted by molar-refractivity contribution is 5.74. The third-order valence-corrected chi connectivity index (χ3v) is 3.05. The van der Waals surface area contributed by atoms with E-state index in [-0.39, 0.29) is 6.03 Å². The fourth-order valence-electron chi connectivity index (χ4n) is 1.70. The first-order chi connectivity index (χ1) is 6.69. The van der Waals surface area contributed by atoms with Crippen LogP contribution in [0.2, 0.25) is 0 Å². The van der Waals surface area contributed by atoms with Crippen molar-refractivity contribution in [2.24, 2.45) is 11.8 Å². The summed E-state index contributed by atoms with van der Waals surface area (Å²) < 4.78 is 0. The summed E-state index contributed by atoms with van der Waals surface area (Å²) in [6.45, 7) is 8.65. The number of rotatable bonds is 5. The van der Waals surface area contributed by atoms with E-state index in [1.165, 1.54) is 12.8 Å². The van der Waals surface area contributed by atoms with E-state index in [9.17, 15) is 4.79 Å². The number of carbonyl (C=O) groups excluding carboxylic acids is 1. The highest BCUT2D eigenvalue weighted by Gasteiger charge is 2.28. The summed E-state index contributed by atoms with van der Waals surface area (Å²) in [5.74, 6) is 1.52. The number of nitrogens with one attached hydrogen (secondary N) is 1. The zero-order valence-electron chi connectivity index (χ0n) is 9.55. The van der Waals surface area contributed by atoms with Crippen molar-refractivity contribution in [3.63, 3.8) is 0 Å². The fourth-order valence-corrected chi connectivity index (χ4v) is 1.70. The van der Waals surface area contributed by atoms with Gasteiger partial charge in [0.05, 0.1) is 0 Å². The molecule has 0 bridgehead atoms. The number of amides is 2. The molecule has 1 fully saturated rings. The van der Waals surface area contributed by atoms with Crippen LogP contribution in [0.5, 0.6) is 0 Å². The van der Waals surface area contributed by atoms with Gasteiger partial charge in [-0.25, -0.2) is 4.79 Å². The van der Waals surface area contributed by atoms with E-state index in [1.807, 2.05) is 18.7 Å². The molecule has 0 aromatic rings. The summed E-state index contributed by atoms with van der Waals surface area (Å²) in [7, 11) is 0. The van der Waals surface area contributed by atoms with Gasteiger partial charge in [0.15, 0.2) is 0 Å². The molecular formula is C11H22N2O. The Balaban J connectivity index is 2.18. The molecule has 1 aliphatic carbocycles. The predicted octanol–water partition coefficient (Wildman–Crippen LogP) is 2.08. The maximum absolute atomic E-state index is 11.6. The number of hydrogen-bond donors (Lipinski definition) is 1. The Labute approximate surface area is 86.9 Å². The van der Waals surface area contributed by atoms with Gasteiger partial charge in [-0.3, -0.25) is 0 Å². The molecule has 1 aliphatic rings. The minimum absolute atomic E-state index is 0.0856. The second kappa shape index (κ2) is 5.23. The van der Waals surface area contributed by atoms with Crippen LogP contribution in [0, 0.1) is 11.8 Å². The molecule has 1 unspecified atom stereocenters. The largest absolute Gasteiger partial charge is 0.338 e. The molecule has 1 atom stereocenters. The second-order valence-corrected chi connectivity index (χ2v) is 4.17. The zero-order chi connectivity index (χ0) is 10.6. The van der Waals surface area contributed by atoms with Crippen LogP contribution < -0.4 is 5.32 Å². The zero-order valence-corrected chi connectivity index (χ0v) is 9.55. The molecule has 1 N–H and O–H groups in total. The summed E-state index contributed by atoms with van der Waals surface area (Å²) in [5, 5.41) is 2.99. The van der Waals surface area contributed by atoms with Gasteiger partial charge in [0.1, 0.15) is 0 Å². The quantitative estimate of drug-likeness (QED) is 0.720. The third kappa shape index (κ3) is 3.20. The third-order valence-electron chi connectivity index (χ3n) is 3.05. The summed E-state index contributed by atoms with van der Waals surface area (Å²) in [6.07, 6.45) is 2.70. The van der Waals surface area contributed by atoms with E-state index >= 15 is 0 Å². The minimum atomic E-state index is 0.0856. The van der Waals surface area contributed by atoms with Gasteiger partial charge in [-0.1, -0.05) is 6.92 Å². The van der Waals surface area contributed by atoms with Gasteiger partial charge in [-0.2, -0.15) is 0 Å². The highest BCUT2D eigenvalue weighted by atomic mass is 16.2. The molecule has 0 aromatic heterocycles. The molecule has 0 saturated heterocycles. The molecule has 0 heterocycles. The first kappa shape index (κ1) is 11.3. The normalized spacial score (nSPS) is 17.6. The van der Waals surface area contributed by atoms with Gasteiger partial charge in [-0.05, 0) is 38.5 Å². The van der Waals surface area contributed by atoms with Crippen molar-refractivity contribution < 1.29 is 4.79 Å². The lowest BCUT2D eigenvalue weighted by Gasteiger charge is -2.20. The standard InChI is InChI=1S/C11H22N2O/c1-4-13(5-2)11(14)12-8-9(3)10-6-7-10/h9-10H,4-8H2,1-3H3,(H,12,14). The average molecular weight is 198 g/mol. The highest BCUT2D eigenvalue weighted by Crippen LogP contribution is 2.36. The number of carbonyl (C=O) groups is 1. The van der Waals surface area contributed by atoms with Crippen LogP contribution in [-0.4, -0.2) is 30.6 Å². The van der Waals surface area contributed by atoms with Crippen molar-refractivity contribution in [2.45, 2.75) is 33.6 Å². The van der Waals surface area contributed by atoms with Crippen LogP contribution >= 0.6 is 0 Å². The van der Waals surface area contributed by atoms with Gasteiger partial charge in [-0.15, -0.1) is 0 Å². The molecule has 0 radical (unpaired) electrons. The Morgan fingerprint density at radius 1 is 1.43 bits per heavy atom. The lowest BCUT2D eigenvalue weighted by atomic mass is 10.1. The van der Waals surface area contributed by atoms with E-state index in [4.69, 9.17) is 0 Å². The Kier molecular flexibility index (Phi) is 4.23. The minimum Gasteiger partial charge on any atom is -0.338 e. The van der Waals surface area contributed by atoms with Crippen LogP contribution in [0.15, 0.2) is 0 Å². The molecular weight excluding hydrogens is 176 g/mol. The molecule has 0 aromatic carbocycles. The average Bonchev–Trinajstić information content (AvgIpc) is 2.99. The maximum Gasteiger partial charge on any atom is 0.317 e. The maximum atomic E-state index is 11.6. The molecule has 1 saturated carbocycles. The molecule has 82 valence electrons. The molecule has 14 heavy (non-hydrogen) atoms. The van der Waals surface area contributed by atoms with Gasteiger partial charge < -0.3 is 10.2 Å². The van der Waals surface area contributed by atoms with E-state index in [2.05, 4.69) is 12.2 Å². The van der Waals surface area contributed by atoms with Gasteiger partial charge in [0.2, 0.25) is 0 Å². The van der Waals surface area contributed by atoms with E-state index in [0.717, 1.165) is 25.6 Å². The fraction of sp³-hybridized carbons (Fsp3) is 0.909. The molecule has 1 rings (SSSR count). The molecule has 3 heteroatoms. The van der Waals surface area contributed by atoms with Crippen molar-refractivity contribution in [2.75, 3.05) is 19.6 Å². The number of hydrogen-bond acceptors (Lipinski definition) is 1. The van der Waals surface area contributed by atoms with Gasteiger partial charge in [0.25, 0.3) is 0 Å². The van der Waals surface area contributed by atoms with Crippen LogP contribution in [0.3, 0.4) is 0 Å². The van der Waals surface area contributed by atoms with Gasteiger partial charge in [0, 0.05) is 19.6 Å². The summed E-state index contributed by atoms with van der Waals surface area (Å²) in [5.41, 5.74) is 0. The lowest BCUT2D eigenvalue weighted by Crippen LogP contribution is -2.41. The summed E-state index contributed by atoms with van der Waals surface area (Å²) >= 11 is 0. The molecule has 0 spiro atoms. The molecule has 3 nitrogen and oxygen atoms in total. The van der Waals surface area contributed by atoms with E-state index < -0.39 is 0 Å². The topological polar surface area (TPSA) is 32.3 Å². The lowest BCUT2D eigenvalue weighted by molar-refractivity contribution is 0.201. The number of urea groups is 1. The van der Waals surface area contributed by atoms with Crippen LogP contribution in [-0.2, 0) is 0 Å². The first-order valence-corrected chi connectivity index (χ1v) is 5.71. The van der Waals surface area contributed by atoms with Crippen molar-refractivity contribution in [1.29, 1.82) is 0 Å². The second-order valence-electron chi connectivity index (χ2n) is 4.17. The smallest absolute Gasteiger partial charge is 0.317 e. The Hall–Kier alpha value is -0.730. The van der Waals surface area contributed by atoms with Crippen LogP contribution in [0.25, 0.3) is 0 Å².